The minimum absolute atomic E-state index is 0. The summed E-state index contributed by atoms with van der Waals surface area (Å²) in [5.41, 5.74) is 0. The van der Waals surface area contributed by atoms with Crippen molar-refractivity contribution in [1.29, 1.82) is 0 Å². The van der Waals surface area contributed by atoms with Gasteiger partial charge in [-0.2, -0.15) is 0 Å². The summed E-state index contributed by atoms with van der Waals surface area (Å²) < 4.78 is 0. The van der Waals surface area contributed by atoms with Crippen LogP contribution in [-0.4, -0.2) is 0 Å². The van der Waals surface area contributed by atoms with Crippen LogP contribution in [0.1, 0.15) is 0 Å². The van der Waals surface area contributed by atoms with Gasteiger partial charge in [0.05, 0.1) is 0 Å². The van der Waals surface area contributed by atoms with E-state index in [1.807, 2.05) is 0 Å². The molecular weight excluding hydrogens is 289 g/mol. The molecule has 0 radical (unpaired) electrons. The van der Waals surface area contributed by atoms with Crippen LogP contribution in [0.15, 0.2) is 12.7 Å². The summed E-state index contributed by atoms with van der Waals surface area (Å²) in [5.74, 6) is 0. The first-order chi connectivity index (χ1) is 1.41. The molecule has 0 fully saturated rings. The van der Waals surface area contributed by atoms with Crippen LogP contribution in [0.5, 0.6) is 0 Å². The molecule has 0 aromatic carbocycles. The fraction of sp³-hybridized carbons (Fsp3) is 0. The van der Waals surface area contributed by atoms with Gasteiger partial charge in [-0.25, -0.2) is 19.6 Å². The van der Waals surface area contributed by atoms with Crippen molar-refractivity contribution in [1.82, 2.24) is 0 Å². The molecule has 0 aliphatic rings. The van der Waals surface area contributed by atoms with Crippen molar-refractivity contribution in [2.24, 2.45) is 0 Å². The molecule has 0 atom stereocenters. The SMILES string of the molecule is C=C[CH2-].Cl.Cl.[Zr].[Zr]. The Kier molecular flexibility index (Phi) is 228. The summed E-state index contributed by atoms with van der Waals surface area (Å²) in [6.07, 6.45) is 1.50. The van der Waals surface area contributed by atoms with Gasteiger partial charge in [0.2, 0.25) is 0 Å². The topological polar surface area (TPSA) is 0 Å². The van der Waals surface area contributed by atoms with Crippen molar-refractivity contribution in [2.75, 3.05) is 0 Å². The van der Waals surface area contributed by atoms with Crippen molar-refractivity contribution in [3.05, 3.63) is 19.6 Å². The molecule has 0 unspecified atom stereocenters. The molecule has 4 heteroatoms. The zero-order chi connectivity index (χ0) is 2.71. The van der Waals surface area contributed by atoms with Crippen molar-refractivity contribution < 1.29 is 52.4 Å². The van der Waals surface area contributed by atoms with Crippen LogP contribution in [0.25, 0.3) is 0 Å². The van der Waals surface area contributed by atoms with E-state index in [0.29, 0.717) is 0 Å². The summed E-state index contributed by atoms with van der Waals surface area (Å²) in [5, 5.41) is 0. The van der Waals surface area contributed by atoms with E-state index in [-0.39, 0.29) is 77.2 Å². The van der Waals surface area contributed by atoms with Gasteiger partial charge >= 0.3 is 0 Å². The maximum Gasteiger partial charge on any atom is 0 e. The number of hydrogen-bond acceptors (Lipinski definition) is 0. The molecule has 7 heavy (non-hydrogen) atoms. The Labute approximate surface area is 95.6 Å². The average Bonchev–Trinajstić information content (AvgIpc) is 0.918. The monoisotopic (exact) mass is 293 g/mol. The molecule has 0 aliphatic carbocycles. The van der Waals surface area contributed by atoms with E-state index in [2.05, 4.69) is 13.5 Å². The smallest absolute Gasteiger partial charge is 0 e. The van der Waals surface area contributed by atoms with E-state index in [4.69, 9.17) is 0 Å². The van der Waals surface area contributed by atoms with E-state index in [0.717, 1.165) is 0 Å². The summed E-state index contributed by atoms with van der Waals surface area (Å²) in [6.45, 7) is 6.50. The maximum atomic E-state index is 3.25. The number of allylic oxidation sites excluding steroid dienone is 1. The van der Waals surface area contributed by atoms with Crippen LogP contribution >= 0.6 is 24.8 Å². The average molecular weight is 296 g/mol. The second kappa shape index (κ2) is 44.1. The second-order valence-electron chi connectivity index (χ2n) is 0.289. The molecule has 0 nitrogen and oxygen atoms in total. The third-order valence-corrected chi connectivity index (χ3v) is 0. The number of hydrogen-bond donors (Lipinski definition) is 0. The van der Waals surface area contributed by atoms with Gasteiger partial charge < -0.3 is 0 Å². The summed E-state index contributed by atoms with van der Waals surface area (Å²) in [7, 11) is 0. The van der Waals surface area contributed by atoms with Crippen LogP contribution in [0.3, 0.4) is 0 Å². The molecule has 0 saturated carbocycles. The van der Waals surface area contributed by atoms with Gasteiger partial charge in [0.25, 0.3) is 0 Å². The van der Waals surface area contributed by atoms with Gasteiger partial charge in [0.1, 0.15) is 0 Å². The van der Waals surface area contributed by atoms with Crippen molar-refractivity contribution in [2.45, 2.75) is 0 Å². The molecule has 0 aromatic heterocycles. The van der Waals surface area contributed by atoms with E-state index < -0.39 is 0 Å². The standard InChI is InChI=1S/C3H5.2ClH.2Zr/c1-3-2;;;;/h3H,1-2H2;2*1H;;/q-1;;;;. The fourth-order valence-electron chi connectivity index (χ4n) is 0. The van der Waals surface area contributed by atoms with E-state index in [9.17, 15) is 0 Å². The second-order valence-corrected chi connectivity index (χ2v) is 0.289. The van der Waals surface area contributed by atoms with E-state index in [1.54, 1.807) is 0 Å². The molecule has 42 valence electrons. The van der Waals surface area contributed by atoms with Gasteiger partial charge in [-0.3, -0.25) is 0 Å². The Morgan fingerprint density at radius 2 is 1.14 bits per heavy atom. The molecule has 0 N–H and O–H groups in total. The van der Waals surface area contributed by atoms with E-state index >= 15 is 0 Å². The maximum absolute atomic E-state index is 3.25. The third kappa shape index (κ3) is 73.8. The van der Waals surface area contributed by atoms with Gasteiger partial charge in [-0.1, -0.05) is 0 Å². The Morgan fingerprint density at radius 1 is 1.14 bits per heavy atom. The molecule has 0 heterocycles. The molecule has 0 rings (SSSR count). The molecule has 0 spiro atoms. The van der Waals surface area contributed by atoms with Gasteiger partial charge in [0, 0.05) is 52.4 Å². The largest absolute Gasteiger partial charge is 0.245 e. The van der Waals surface area contributed by atoms with Gasteiger partial charge in [0.15, 0.2) is 0 Å². The van der Waals surface area contributed by atoms with Gasteiger partial charge in [-0.15, -0.1) is 24.8 Å². The first-order valence-corrected chi connectivity index (χ1v) is 0.816. The zero-order valence-corrected chi connectivity index (χ0v) is 10.4. The molecule has 0 amide bonds. The Bertz CT molecular complexity index is 18.4. The van der Waals surface area contributed by atoms with E-state index in [1.165, 1.54) is 6.08 Å². The molecule has 0 aliphatic heterocycles. The molecule has 0 aromatic rings. The number of halogens is 2. The zero-order valence-electron chi connectivity index (χ0n) is 3.81. The number of rotatable bonds is 0. The minimum atomic E-state index is 0. The third-order valence-electron chi connectivity index (χ3n) is 0. The predicted molar refractivity (Wildman–Crippen MR) is 30.0 cm³/mol. The summed E-state index contributed by atoms with van der Waals surface area (Å²) in [6, 6.07) is 0. The van der Waals surface area contributed by atoms with Crippen molar-refractivity contribution in [3.8, 4) is 0 Å². The van der Waals surface area contributed by atoms with Gasteiger partial charge in [-0.05, 0) is 0 Å². The summed E-state index contributed by atoms with van der Waals surface area (Å²) >= 11 is 0. The minimum Gasteiger partial charge on any atom is -0.245 e. The molecule has 0 bridgehead atoms. The van der Waals surface area contributed by atoms with Crippen LogP contribution in [-0.2, 0) is 52.4 Å². The van der Waals surface area contributed by atoms with Crippen LogP contribution in [0.2, 0.25) is 0 Å². The first-order valence-electron chi connectivity index (χ1n) is 0.816. The molecule has 0 saturated heterocycles. The van der Waals surface area contributed by atoms with Crippen LogP contribution in [0.4, 0.5) is 0 Å². The van der Waals surface area contributed by atoms with Crippen molar-refractivity contribution >= 4 is 24.8 Å². The van der Waals surface area contributed by atoms with Crippen LogP contribution < -0.4 is 0 Å². The summed E-state index contributed by atoms with van der Waals surface area (Å²) in [4.78, 5) is 0. The Balaban J connectivity index is -0.00000000333. The fourth-order valence-corrected chi connectivity index (χ4v) is 0. The quantitative estimate of drug-likeness (QED) is 0.599. The van der Waals surface area contributed by atoms with Crippen molar-refractivity contribution in [3.63, 3.8) is 0 Å². The molecular formula is C3H7Cl2Zr2-. The Morgan fingerprint density at radius 3 is 1.14 bits per heavy atom. The Hall–Kier alpha value is 1.96. The first kappa shape index (κ1) is 36.2. The van der Waals surface area contributed by atoms with Crippen LogP contribution in [0, 0.1) is 6.92 Å². The normalized spacial score (nSPS) is 1.71. The predicted octanol–water partition coefficient (Wildman–Crippen LogP) is 1.85.